The van der Waals surface area contributed by atoms with Crippen LogP contribution in [0.25, 0.3) is 0 Å². The fourth-order valence-electron chi connectivity index (χ4n) is 2.32. The lowest BCUT2D eigenvalue weighted by atomic mass is 10.2. The Hall–Kier alpha value is -2.73. The van der Waals surface area contributed by atoms with Gasteiger partial charge in [0.2, 0.25) is 0 Å². The van der Waals surface area contributed by atoms with Crippen LogP contribution in [0.4, 0.5) is 10.5 Å². The third-order valence-electron chi connectivity index (χ3n) is 3.53. The number of amides is 2. The van der Waals surface area contributed by atoms with Gasteiger partial charge in [0, 0.05) is 23.9 Å². The number of aliphatic hydroxyl groups is 1. The van der Waals surface area contributed by atoms with Gasteiger partial charge in [0.25, 0.3) is 0 Å². The van der Waals surface area contributed by atoms with Gasteiger partial charge < -0.3 is 24.8 Å². The van der Waals surface area contributed by atoms with Crippen LogP contribution >= 0.6 is 0 Å². The molecule has 2 N–H and O–H groups in total. The van der Waals surface area contributed by atoms with Crippen molar-refractivity contribution >= 4 is 11.7 Å². The molecule has 0 aliphatic heterocycles. The second kappa shape index (κ2) is 8.79. The molecule has 2 rings (SSSR count). The number of para-hydroxylation sites is 1. The van der Waals surface area contributed by atoms with Gasteiger partial charge in [0.1, 0.15) is 11.5 Å². The summed E-state index contributed by atoms with van der Waals surface area (Å²) in [5.41, 5.74) is 1.50. The van der Waals surface area contributed by atoms with Crippen LogP contribution in [0.1, 0.15) is 5.56 Å². The predicted octanol–water partition coefficient (Wildman–Crippen LogP) is 2.73. The maximum atomic E-state index is 12.5. The number of rotatable bonds is 7. The number of hydrogen-bond acceptors (Lipinski definition) is 4. The number of nitrogens with one attached hydrogen (secondary N) is 1. The largest absolute Gasteiger partial charge is 0.497 e. The number of ether oxygens (including phenoxy) is 2. The minimum atomic E-state index is -0.303. The molecule has 0 spiro atoms. The molecule has 2 aromatic carbocycles. The Morgan fingerprint density at radius 3 is 2.62 bits per heavy atom. The van der Waals surface area contributed by atoms with E-state index in [1.807, 2.05) is 24.3 Å². The van der Waals surface area contributed by atoms with Gasteiger partial charge in [0.15, 0.2) is 0 Å². The lowest BCUT2D eigenvalue weighted by Gasteiger charge is -2.23. The van der Waals surface area contributed by atoms with Gasteiger partial charge >= 0.3 is 6.03 Å². The molecule has 0 saturated carbocycles. The van der Waals surface area contributed by atoms with Crippen LogP contribution in [0.5, 0.6) is 11.5 Å². The van der Waals surface area contributed by atoms with Crippen LogP contribution < -0.4 is 14.8 Å². The molecule has 128 valence electrons. The van der Waals surface area contributed by atoms with E-state index < -0.39 is 0 Å². The van der Waals surface area contributed by atoms with E-state index in [2.05, 4.69) is 5.32 Å². The summed E-state index contributed by atoms with van der Waals surface area (Å²) in [6, 6.07) is 14.3. The number of hydrogen-bond donors (Lipinski definition) is 2. The second-order valence-corrected chi connectivity index (χ2v) is 5.12. The summed E-state index contributed by atoms with van der Waals surface area (Å²) >= 11 is 0. The number of aliphatic hydroxyl groups excluding tert-OH is 1. The van der Waals surface area contributed by atoms with E-state index in [4.69, 9.17) is 9.47 Å². The van der Waals surface area contributed by atoms with E-state index in [0.717, 1.165) is 5.56 Å². The Bertz CT molecular complexity index is 676. The van der Waals surface area contributed by atoms with Crippen molar-refractivity contribution in [2.75, 3.05) is 32.7 Å². The molecule has 6 heteroatoms. The zero-order chi connectivity index (χ0) is 17.4. The number of nitrogens with zero attached hydrogens (tertiary/aromatic N) is 1. The van der Waals surface area contributed by atoms with Crippen LogP contribution in [0.15, 0.2) is 48.5 Å². The summed E-state index contributed by atoms with van der Waals surface area (Å²) in [6.45, 7) is 0.426. The Morgan fingerprint density at radius 2 is 1.92 bits per heavy atom. The molecule has 0 atom stereocenters. The maximum absolute atomic E-state index is 12.5. The molecular formula is C18H22N2O4. The first kappa shape index (κ1) is 17.6. The van der Waals surface area contributed by atoms with Crippen LogP contribution in [0, 0.1) is 0 Å². The van der Waals surface area contributed by atoms with Crippen molar-refractivity contribution in [2.45, 2.75) is 6.54 Å². The molecule has 24 heavy (non-hydrogen) atoms. The number of carbonyl (C=O) groups is 1. The summed E-state index contributed by atoms with van der Waals surface area (Å²) in [6.07, 6.45) is 0. The molecule has 0 aliphatic rings. The zero-order valence-corrected chi connectivity index (χ0v) is 13.9. The Morgan fingerprint density at radius 1 is 1.12 bits per heavy atom. The molecule has 0 radical (unpaired) electrons. The normalized spacial score (nSPS) is 10.1. The maximum Gasteiger partial charge on any atom is 0.322 e. The standard InChI is InChI=1S/C18H22N2O4/c1-23-16-8-5-7-15(12-16)19-18(22)20(10-11-21)13-14-6-3-4-9-17(14)24-2/h3-9,12,21H,10-11,13H2,1-2H3,(H,19,22). The molecule has 0 saturated heterocycles. The van der Waals surface area contributed by atoms with E-state index >= 15 is 0 Å². The van der Waals surface area contributed by atoms with Crippen molar-refractivity contribution in [3.63, 3.8) is 0 Å². The average Bonchev–Trinajstić information content (AvgIpc) is 2.62. The third-order valence-corrected chi connectivity index (χ3v) is 3.53. The fraction of sp³-hybridized carbons (Fsp3) is 0.278. The minimum absolute atomic E-state index is 0.124. The van der Waals surface area contributed by atoms with Crippen molar-refractivity contribution in [1.29, 1.82) is 0 Å². The van der Waals surface area contributed by atoms with Crippen LogP contribution in [0.3, 0.4) is 0 Å². The first-order valence-corrected chi connectivity index (χ1v) is 7.60. The van der Waals surface area contributed by atoms with E-state index in [1.165, 1.54) is 4.90 Å². The topological polar surface area (TPSA) is 71.0 Å². The summed E-state index contributed by atoms with van der Waals surface area (Å²) in [5.74, 6) is 1.36. The molecule has 2 aromatic rings. The number of benzene rings is 2. The summed E-state index contributed by atoms with van der Waals surface area (Å²) in [4.78, 5) is 14.1. The van der Waals surface area contributed by atoms with Crippen LogP contribution in [-0.2, 0) is 6.54 Å². The molecule has 0 aliphatic carbocycles. The van der Waals surface area contributed by atoms with E-state index in [-0.39, 0.29) is 19.2 Å². The molecule has 0 fully saturated rings. The molecule has 6 nitrogen and oxygen atoms in total. The van der Waals surface area contributed by atoms with Crippen molar-refractivity contribution in [2.24, 2.45) is 0 Å². The molecule has 0 unspecified atom stereocenters. The summed E-state index contributed by atoms with van der Waals surface area (Å²) < 4.78 is 10.5. The van der Waals surface area contributed by atoms with E-state index in [9.17, 15) is 9.90 Å². The highest BCUT2D eigenvalue weighted by Crippen LogP contribution is 2.21. The van der Waals surface area contributed by atoms with Crippen LogP contribution in [0.2, 0.25) is 0 Å². The van der Waals surface area contributed by atoms with Gasteiger partial charge in [-0.15, -0.1) is 0 Å². The number of urea groups is 1. The summed E-state index contributed by atoms with van der Waals surface area (Å²) in [7, 11) is 3.16. The van der Waals surface area contributed by atoms with Gasteiger partial charge in [0.05, 0.1) is 27.4 Å². The lowest BCUT2D eigenvalue weighted by Crippen LogP contribution is -2.36. The van der Waals surface area contributed by atoms with Crippen LogP contribution in [-0.4, -0.2) is 43.4 Å². The minimum Gasteiger partial charge on any atom is -0.497 e. The average molecular weight is 330 g/mol. The van der Waals surface area contributed by atoms with E-state index in [1.54, 1.807) is 38.5 Å². The quantitative estimate of drug-likeness (QED) is 0.819. The Kier molecular flexibility index (Phi) is 6.45. The molecule has 0 bridgehead atoms. The smallest absolute Gasteiger partial charge is 0.322 e. The molecule has 0 aromatic heterocycles. The van der Waals surface area contributed by atoms with Crippen molar-refractivity contribution in [3.05, 3.63) is 54.1 Å². The first-order chi connectivity index (χ1) is 11.7. The van der Waals surface area contributed by atoms with Gasteiger partial charge in [-0.05, 0) is 18.2 Å². The van der Waals surface area contributed by atoms with Gasteiger partial charge in [-0.1, -0.05) is 24.3 Å². The lowest BCUT2D eigenvalue weighted by molar-refractivity contribution is 0.184. The highest BCUT2D eigenvalue weighted by Gasteiger charge is 2.16. The van der Waals surface area contributed by atoms with E-state index in [0.29, 0.717) is 23.7 Å². The number of anilines is 1. The predicted molar refractivity (Wildman–Crippen MR) is 92.5 cm³/mol. The first-order valence-electron chi connectivity index (χ1n) is 7.60. The SMILES string of the molecule is COc1cccc(NC(=O)N(CCO)Cc2ccccc2OC)c1. The molecular weight excluding hydrogens is 308 g/mol. The molecule has 0 heterocycles. The monoisotopic (exact) mass is 330 g/mol. The van der Waals surface area contributed by atoms with Crippen molar-refractivity contribution in [3.8, 4) is 11.5 Å². The fourth-order valence-corrected chi connectivity index (χ4v) is 2.32. The highest BCUT2D eigenvalue weighted by atomic mass is 16.5. The van der Waals surface area contributed by atoms with Gasteiger partial charge in [-0.25, -0.2) is 4.79 Å². The highest BCUT2D eigenvalue weighted by molar-refractivity contribution is 5.89. The number of carbonyl (C=O) groups excluding carboxylic acids is 1. The van der Waals surface area contributed by atoms with Crippen molar-refractivity contribution in [1.82, 2.24) is 4.90 Å². The molecule has 2 amide bonds. The second-order valence-electron chi connectivity index (χ2n) is 5.12. The van der Waals surface area contributed by atoms with Crippen molar-refractivity contribution < 1.29 is 19.4 Å². The van der Waals surface area contributed by atoms with Gasteiger partial charge in [-0.2, -0.15) is 0 Å². The van der Waals surface area contributed by atoms with Gasteiger partial charge in [-0.3, -0.25) is 0 Å². The third kappa shape index (κ3) is 4.63. The Labute approximate surface area is 141 Å². The summed E-state index contributed by atoms with van der Waals surface area (Å²) in [5, 5.41) is 12.1. The Balaban J connectivity index is 2.12. The zero-order valence-electron chi connectivity index (χ0n) is 13.9. The number of methoxy groups -OCH3 is 2.